The standard InChI is InChI=1S/C23H28O6/c1-22(2)27-19-20(26-14-18-11-7-4-8-12-18)23(15-24,29-21(19)28-22)16-25-13-17-9-5-3-6-10-17/h3-12,19-21,24H,13-16H2,1-2H3/t19?,20-,21+,23-/m1/s1. The summed E-state index contributed by atoms with van der Waals surface area (Å²) in [5.74, 6) is -0.768. The maximum absolute atomic E-state index is 10.3. The van der Waals surface area contributed by atoms with Crippen LogP contribution in [0.1, 0.15) is 25.0 Å². The smallest absolute Gasteiger partial charge is 0.190 e. The van der Waals surface area contributed by atoms with E-state index < -0.39 is 29.9 Å². The van der Waals surface area contributed by atoms with Gasteiger partial charge in [0.2, 0.25) is 0 Å². The third-order valence-corrected chi connectivity index (χ3v) is 5.25. The average molecular weight is 400 g/mol. The van der Waals surface area contributed by atoms with Crippen molar-refractivity contribution in [2.45, 2.75) is 56.9 Å². The zero-order chi connectivity index (χ0) is 20.3. The van der Waals surface area contributed by atoms with Crippen LogP contribution in [0.5, 0.6) is 0 Å². The maximum Gasteiger partial charge on any atom is 0.190 e. The van der Waals surface area contributed by atoms with Gasteiger partial charge in [-0.1, -0.05) is 60.7 Å². The van der Waals surface area contributed by atoms with Crippen molar-refractivity contribution in [1.82, 2.24) is 0 Å². The Labute approximate surface area is 171 Å². The Morgan fingerprint density at radius 2 is 1.48 bits per heavy atom. The molecule has 2 aliphatic heterocycles. The molecule has 0 bridgehead atoms. The summed E-state index contributed by atoms with van der Waals surface area (Å²) in [4.78, 5) is 0. The zero-order valence-corrected chi connectivity index (χ0v) is 16.8. The van der Waals surface area contributed by atoms with E-state index in [1.807, 2.05) is 74.5 Å². The predicted octanol–water partition coefficient (Wildman–Crippen LogP) is 3.03. The van der Waals surface area contributed by atoms with Gasteiger partial charge in [-0.05, 0) is 25.0 Å². The first kappa shape index (κ1) is 20.5. The van der Waals surface area contributed by atoms with Gasteiger partial charge in [-0.25, -0.2) is 0 Å². The number of benzene rings is 2. The second-order valence-corrected chi connectivity index (χ2v) is 8.00. The van der Waals surface area contributed by atoms with E-state index in [9.17, 15) is 5.11 Å². The molecule has 4 rings (SSSR count). The van der Waals surface area contributed by atoms with Crippen LogP contribution < -0.4 is 0 Å². The van der Waals surface area contributed by atoms with Gasteiger partial charge in [-0.2, -0.15) is 0 Å². The first-order valence-corrected chi connectivity index (χ1v) is 9.93. The minimum absolute atomic E-state index is 0.165. The molecule has 156 valence electrons. The van der Waals surface area contributed by atoms with Crippen molar-refractivity contribution in [1.29, 1.82) is 0 Å². The van der Waals surface area contributed by atoms with Crippen molar-refractivity contribution in [3.05, 3.63) is 71.8 Å². The van der Waals surface area contributed by atoms with Crippen LogP contribution in [-0.2, 0) is 36.9 Å². The Morgan fingerprint density at radius 3 is 2.10 bits per heavy atom. The van der Waals surface area contributed by atoms with Gasteiger partial charge < -0.3 is 28.8 Å². The first-order chi connectivity index (χ1) is 14.0. The Balaban J connectivity index is 1.48. The van der Waals surface area contributed by atoms with E-state index in [0.717, 1.165) is 11.1 Å². The number of fused-ring (bicyclic) bond motifs is 1. The highest BCUT2D eigenvalue weighted by Gasteiger charge is 2.62. The van der Waals surface area contributed by atoms with Crippen LogP contribution in [0.4, 0.5) is 0 Å². The Morgan fingerprint density at radius 1 is 0.862 bits per heavy atom. The molecule has 0 amide bonds. The summed E-state index contributed by atoms with van der Waals surface area (Å²) in [5.41, 5.74) is 1.02. The topological polar surface area (TPSA) is 66.4 Å². The highest BCUT2D eigenvalue weighted by molar-refractivity contribution is 5.15. The van der Waals surface area contributed by atoms with E-state index in [2.05, 4.69) is 0 Å². The third kappa shape index (κ3) is 4.53. The fourth-order valence-electron chi connectivity index (χ4n) is 3.86. The van der Waals surface area contributed by atoms with Crippen molar-refractivity contribution in [2.75, 3.05) is 13.2 Å². The fraction of sp³-hybridized carbons (Fsp3) is 0.478. The van der Waals surface area contributed by atoms with E-state index in [4.69, 9.17) is 23.7 Å². The highest BCUT2D eigenvalue weighted by Crippen LogP contribution is 2.44. The normalized spacial score (nSPS) is 30.4. The number of hydrogen-bond acceptors (Lipinski definition) is 6. The lowest BCUT2D eigenvalue weighted by Gasteiger charge is -2.35. The summed E-state index contributed by atoms with van der Waals surface area (Å²) in [7, 11) is 0. The lowest BCUT2D eigenvalue weighted by atomic mass is 9.96. The Bertz CT molecular complexity index is 780. The molecule has 29 heavy (non-hydrogen) atoms. The SMILES string of the molecule is CC1(C)OC2[C@@H](O1)O[C@](CO)(COCc1ccccc1)[C@@H]2OCc1ccccc1. The predicted molar refractivity (Wildman–Crippen MR) is 106 cm³/mol. The molecule has 6 nitrogen and oxygen atoms in total. The largest absolute Gasteiger partial charge is 0.393 e. The van der Waals surface area contributed by atoms with Crippen LogP contribution in [0.25, 0.3) is 0 Å². The van der Waals surface area contributed by atoms with Crippen LogP contribution in [0.3, 0.4) is 0 Å². The molecule has 1 unspecified atom stereocenters. The molecule has 2 heterocycles. The van der Waals surface area contributed by atoms with Crippen molar-refractivity contribution < 1.29 is 28.8 Å². The molecule has 0 aliphatic carbocycles. The van der Waals surface area contributed by atoms with Crippen LogP contribution in [0.2, 0.25) is 0 Å². The Kier molecular flexibility index (Phi) is 6.01. The molecule has 4 atom stereocenters. The van der Waals surface area contributed by atoms with Crippen LogP contribution in [0, 0.1) is 0 Å². The molecular weight excluding hydrogens is 372 g/mol. The summed E-state index contributed by atoms with van der Waals surface area (Å²) in [6, 6.07) is 19.8. The number of aliphatic hydroxyl groups excluding tert-OH is 1. The van der Waals surface area contributed by atoms with E-state index in [1.165, 1.54) is 0 Å². The monoisotopic (exact) mass is 400 g/mol. The first-order valence-electron chi connectivity index (χ1n) is 9.93. The van der Waals surface area contributed by atoms with Gasteiger partial charge >= 0.3 is 0 Å². The summed E-state index contributed by atoms with van der Waals surface area (Å²) >= 11 is 0. The fourth-order valence-corrected chi connectivity index (χ4v) is 3.86. The number of rotatable bonds is 8. The minimum Gasteiger partial charge on any atom is -0.393 e. The zero-order valence-electron chi connectivity index (χ0n) is 16.8. The molecule has 2 fully saturated rings. The number of aliphatic hydroxyl groups is 1. The second kappa shape index (κ2) is 8.52. The van der Waals surface area contributed by atoms with Gasteiger partial charge in [0.05, 0.1) is 26.4 Å². The molecule has 2 aromatic rings. The van der Waals surface area contributed by atoms with E-state index in [1.54, 1.807) is 0 Å². The van der Waals surface area contributed by atoms with Gasteiger partial charge in [0.1, 0.15) is 17.8 Å². The lowest BCUT2D eigenvalue weighted by Crippen LogP contribution is -2.52. The molecule has 2 aliphatic rings. The van der Waals surface area contributed by atoms with Crippen LogP contribution in [-0.4, -0.2) is 48.2 Å². The highest BCUT2D eigenvalue weighted by atomic mass is 16.8. The molecular formula is C23H28O6. The molecule has 2 saturated heterocycles. The summed E-state index contributed by atoms with van der Waals surface area (Å²) in [5, 5.41) is 10.3. The van der Waals surface area contributed by atoms with Crippen molar-refractivity contribution in [3.8, 4) is 0 Å². The van der Waals surface area contributed by atoms with Crippen molar-refractivity contribution in [2.24, 2.45) is 0 Å². The van der Waals surface area contributed by atoms with E-state index in [0.29, 0.717) is 13.2 Å². The molecule has 6 heteroatoms. The van der Waals surface area contributed by atoms with Gasteiger partial charge in [0, 0.05) is 0 Å². The minimum atomic E-state index is -1.06. The van der Waals surface area contributed by atoms with Gasteiger partial charge in [0.25, 0.3) is 0 Å². The summed E-state index contributed by atoms with van der Waals surface area (Å²) < 4.78 is 30.2. The van der Waals surface area contributed by atoms with E-state index >= 15 is 0 Å². The summed E-state index contributed by atoms with van der Waals surface area (Å²) in [6.07, 6.45) is -1.59. The number of ether oxygens (including phenoxy) is 5. The number of hydrogen-bond donors (Lipinski definition) is 1. The van der Waals surface area contributed by atoms with E-state index in [-0.39, 0.29) is 13.2 Å². The van der Waals surface area contributed by atoms with Crippen molar-refractivity contribution >= 4 is 0 Å². The van der Waals surface area contributed by atoms with Crippen molar-refractivity contribution in [3.63, 3.8) is 0 Å². The quantitative estimate of drug-likeness (QED) is 0.735. The molecule has 0 aromatic heterocycles. The molecule has 2 aromatic carbocycles. The van der Waals surface area contributed by atoms with Crippen LogP contribution in [0.15, 0.2) is 60.7 Å². The molecule has 0 spiro atoms. The maximum atomic E-state index is 10.3. The van der Waals surface area contributed by atoms with Gasteiger partial charge in [0.15, 0.2) is 12.1 Å². The van der Waals surface area contributed by atoms with Gasteiger partial charge in [-0.3, -0.25) is 0 Å². The Hall–Kier alpha value is -1.80. The molecule has 1 N–H and O–H groups in total. The summed E-state index contributed by atoms with van der Waals surface area (Å²) in [6.45, 7) is 4.38. The lowest BCUT2D eigenvalue weighted by molar-refractivity contribution is -0.261. The average Bonchev–Trinajstić information content (AvgIpc) is 3.17. The molecule has 0 radical (unpaired) electrons. The molecule has 0 saturated carbocycles. The van der Waals surface area contributed by atoms with Crippen LogP contribution >= 0.6 is 0 Å². The third-order valence-electron chi connectivity index (χ3n) is 5.25. The second-order valence-electron chi connectivity index (χ2n) is 8.00. The van der Waals surface area contributed by atoms with Gasteiger partial charge in [-0.15, -0.1) is 0 Å².